The van der Waals surface area contributed by atoms with E-state index in [1.54, 1.807) is 0 Å². The topological polar surface area (TPSA) is 23.8 Å². The molecule has 2 heteroatoms. The molecule has 3 aromatic rings. The summed E-state index contributed by atoms with van der Waals surface area (Å²) in [6.07, 6.45) is 0. The third kappa shape index (κ3) is 1.07. The molecule has 0 N–H and O–H groups in total. The van der Waals surface area contributed by atoms with Gasteiger partial charge in [0, 0.05) is 10.8 Å². The highest BCUT2D eigenvalue weighted by molar-refractivity contribution is 7.48. The summed E-state index contributed by atoms with van der Waals surface area (Å²) in [7, 11) is -0.379. The van der Waals surface area contributed by atoms with E-state index < -0.39 is 0 Å². The minimum Gasteiger partial charge on any atom is -0.130 e. The van der Waals surface area contributed by atoms with Crippen LogP contribution in [0.4, 0.5) is 0 Å². The normalized spacial score (nSPS) is 10.6. The highest BCUT2D eigenvalue weighted by Crippen LogP contribution is 2.41. The smallest absolute Gasteiger partial charge is 0.130 e. The van der Waals surface area contributed by atoms with Crippen LogP contribution >= 0.6 is 10.5 Å². The van der Waals surface area contributed by atoms with E-state index in [9.17, 15) is 5.26 Å². The number of thiophene rings is 1. The molecule has 0 atom stereocenters. The van der Waals surface area contributed by atoms with Crippen molar-refractivity contribution in [1.29, 1.82) is 5.26 Å². The molecule has 0 aliphatic carbocycles. The summed E-state index contributed by atoms with van der Waals surface area (Å²) in [5.74, 6) is 0. The van der Waals surface area contributed by atoms with E-state index in [2.05, 4.69) is 29.7 Å². The van der Waals surface area contributed by atoms with Crippen LogP contribution in [0.15, 0.2) is 48.5 Å². The van der Waals surface area contributed by atoms with Gasteiger partial charge in [0.15, 0.2) is 9.40 Å². The second-order valence-corrected chi connectivity index (χ2v) is 5.06. The van der Waals surface area contributed by atoms with Gasteiger partial charge in [0.25, 0.3) is 0 Å². The van der Waals surface area contributed by atoms with Gasteiger partial charge in [0.2, 0.25) is 0 Å². The average Bonchev–Trinajstić information content (AvgIpc) is 2.63. The van der Waals surface area contributed by atoms with E-state index in [-0.39, 0.29) is 10.5 Å². The molecule has 0 radical (unpaired) electrons. The minimum absolute atomic E-state index is 0.379. The summed E-state index contributed by atoms with van der Waals surface area (Å²) in [5.41, 5.74) is 0. The van der Waals surface area contributed by atoms with Gasteiger partial charge < -0.3 is 0 Å². The average molecular weight is 210 g/mol. The molecule has 1 heterocycles. The molecular formula is C13H8NS+. The van der Waals surface area contributed by atoms with Gasteiger partial charge in [-0.3, -0.25) is 0 Å². The van der Waals surface area contributed by atoms with E-state index in [1.165, 1.54) is 20.2 Å². The van der Waals surface area contributed by atoms with Gasteiger partial charge in [-0.05, 0) is 24.3 Å². The molecule has 70 valence electrons. The molecule has 0 saturated carbocycles. The van der Waals surface area contributed by atoms with Gasteiger partial charge in [-0.2, -0.15) is 0 Å². The molecule has 15 heavy (non-hydrogen) atoms. The van der Waals surface area contributed by atoms with E-state index in [0.29, 0.717) is 0 Å². The lowest BCUT2D eigenvalue weighted by atomic mass is 10.2. The lowest BCUT2D eigenvalue weighted by Crippen LogP contribution is -1.62. The number of hydrogen-bond donors (Lipinski definition) is 0. The van der Waals surface area contributed by atoms with E-state index >= 15 is 0 Å². The molecule has 0 saturated heterocycles. The fraction of sp³-hybridized carbons (Fsp3) is 0. The zero-order valence-electron chi connectivity index (χ0n) is 7.97. The molecule has 1 aromatic heterocycles. The van der Waals surface area contributed by atoms with Crippen LogP contribution in [0.5, 0.6) is 0 Å². The van der Waals surface area contributed by atoms with Gasteiger partial charge in [-0.25, -0.2) is 0 Å². The molecule has 0 fully saturated rings. The van der Waals surface area contributed by atoms with Crippen LogP contribution in [0.3, 0.4) is 0 Å². The van der Waals surface area contributed by atoms with Crippen LogP contribution in [-0.4, -0.2) is 0 Å². The number of nitriles is 1. The van der Waals surface area contributed by atoms with Gasteiger partial charge in [-0.1, -0.05) is 24.3 Å². The quantitative estimate of drug-likeness (QED) is 0.513. The van der Waals surface area contributed by atoms with Crippen molar-refractivity contribution in [2.45, 2.75) is 0 Å². The molecule has 1 nitrogen and oxygen atoms in total. The number of fused-ring (bicyclic) bond motifs is 3. The van der Waals surface area contributed by atoms with Crippen LogP contribution in [0.25, 0.3) is 20.2 Å². The lowest BCUT2D eigenvalue weighted by Gasteiger charge is -1.83. The Bertz CT molecular complexity index is 635. The fourth-order valence-corrected chi connectivity index (χ4v) is 3.61. The first kappa shape index (κ1) is 8.46. The fourth-order valence-electron chi connectivity index (χ4n) is 1.95. The molecule has 0 unspecified atom stereocenters. The largest absolute Gasteiger partial charge is 0.350 e. The summed E-state index contributed by atoms with van der Waals surface area (Å²) < 4.78 is 2.34. The molecule has 2 aromatic carbocycles. The van der Waals surface area contributed by atoms with Crippen molar-refractivity contribution in [3.05, 3.63) is 48.5 Å². The summed E-state index contributed by atoms with van der Waals surface area (Å²) in [6.45, 7) is 0. The SMILES string of the molecule is N#C[s+]1c2ccccc2c2ccccc21. The first-order valence-corrected chi connectivity index (χ1v) is 5.97. The number of nitrogens with zero attached hydrogens (tertiary/aromatic N) is 1. The Kier molecular flexibility index (Phi) is 1.74. The van der Waals surface area contributed by atoms with Crippen LogP contribution in [0.1, 0.15) is 0 Å². The van der Waals surface area contributed by atoms with Gasteiger partial charge in [-0.15, -0.1) is 5.26 Å². The highest BCUT2D eigenvalue weighted by Gasteiger charge is 2.19. The second-order valence-electron chi connectivity index (χ2n) is 3.39. The molecule has 0 aliphatic rings. The Labute approximate surface area is 90.2 Å². The summed E-state index contributed by atoms with van der Waals surface area (Å²) >= 11 is 0. The van der Waals surface area contributed by atoms with E-state index in [0.717, 1.165) is 0 Å². The van der Waals surface area contributed by atoms with Gasteiger partial charge >= 0.3 is 5.40 Å². The highest BCUT2D eigenvalue weighted by atomic mass is 32.2. The van der Waals surface area contributed by atoms with Crippen molar-refractivity contribution < 1.29 is 0 Å². The Morgan fingerprint density at radius 3 is 1.73 bits per heavy atom. The van der Waals surface area contributed by atoms with Gasteiger partial charge in [0.05, 0.1) is 0 Å². The minimum atomic E-state index is -0.379. The molecular weight excluding hydrogens is 202 g/mol. The maximum atomic E-state index is 9.22. The molecule has 0 aliphatic heterocycles. The monoisotopic (exact) mass is 210 g/mol. The van der Waals surface area contributed by atoms with Crippen LogP contribution in [-0.2, 0) is 0 Å². The van der Waals surface area contributed by atoms with Crippen molar-refractivity contribution >= 4 is 30.6 Å². The standard InChI is InChI=1S/C13H8NS/c14-9-15-12-7-3-1-5-10(12)11-6-2-4-8-13(11)15/h1-8H/q+1. The molecule has 0 amide bonds. The summed E-state index contributed by atoms with van der Waals surface area (Å²) in [5, 5.41) is 14.1. The molecule has 3 rings (SSSR count). The third-order valence-corrected chi connectivity index (χ3v) is 4.37. The van der Waals surface area contributed by atoms with E-state index in [4.69, 9.17) is 0 Å². The maximum Gasteiger partial charge on any atom is 0.350 e. The van der Waals surface area contributed by atoms with Crippen LogP contribution in [0.2, 0.25) is 0 Å². The number of hydrogen-bond acceptors (Lipinski definition) is 1. The van der Waals surface area contributed by atoms with Crippen molar-refractivity contribution in [3.63, 3.8) is 0 Å². The van der Waals surface area contributed by atoms with Crippen molar-refractivity contribution in [2.24, 2.45) is 0 Å². The Morgan fingerprint density at radius 1 is 0.800 bits per heavy atom. The zero-order valence-corrected chi connectivity index (χ0v) is 8.79. The van der Waals surface area contributed by atoms with Gasteiger partial charge in [0.1, 0.15) is 10.5 Å². The summed E-state index contributed by atoms with van der Waals surface area (Å²) in [4.78, 5) is 0. The van der Waals surface area contributed by atoms with Crippen molar-refractivity contribution in [1.82, 2.24) is 0 Å². The molecule has 0 spiro atoms. The van der Waals surface area contributed by atoms with Crippen molar-refractivity contribution in [3.8, 4) is 5.40 Å². The lowest BCUT2D eigenvalue weighted by molar-refractivity contribution is 1.57. The Hall–Kier alpha value is -1.85. The molecule has 0 bridgehead atoms. The van der Waals surface area contributed by atoms with Crippen LogP contribution in [0, 0.1) is 10.7 Å². The Morgan fingerprint density at radius 2 is 1.27 bits per heavy atom. The second kappa shape index (κ2) is 3.08. The third-order valence-electron chi connectivity index (χ3n) is 2.60. The summed E-state index contributed by atoms with van der Waals surface area (Å²) in [6, 6.07) is 16.4. The first-order valence-electron chi connectivity index (χ1n) is 4.74. The maximum absolute atomic E-state index is 9.22. The Balaban J connectivity index is 2.70. The van der Waals surface area contributed by atoms with Crippen LogP contribution < -0.4 is 0 Å². The number of rotatable bonds is 0. The number of benzene rings is 2. The zero-order chi connectivity index (χ0) is 10.3. The predicted octanol–water partition coefficient (Wildman–Crippen LogP) is 4.07. The van der Waals surface area contributed by atoms with Crippen molar-refractivity contribution in [2.75, 3.05) is 0 Å². The van der Waals surface area contributed by atoms with E-state index in [1.807, 2.05) is 24.3 Å². The first-order chi connectivity index (χ1) is 7.42. The predicted molar refractivity (Wildman–Crippen MR) is 64.9 cm³/mol.